The van der Waals surface area contributed by atoms with E-state index in [1.54, 1.807) is 12.1 Å². The fraction of sp³-hybridized carbons (Fsp3) is 0.179. The zero-order chi connectivity index (χ0) is 28.0. The van der Waals surface area contributed by atoms with E-state index in [1.165, 1.54) is 42.5 Å². The summed E-state index contributed by atoms with van der Waals surface area (Å²) in [6.45, 7) is -0.398. The van der Waals surface area contributed by atoms with E-state index in [4.69, 9.17) is 26.8 Å². The van der Waals surface area contributed by atoms with E-state index in [0.717, 1.165) is 22.2 Å². The van der Waals surface area contributed by atoms with Crippen molar-refractivity contribution in [1.82, 2.24) is 4.90 Å². The number of thioether (sulfide) groups is 1. The summed E-state index contributed by atoms with van der Waals surface area (Å²) in [5.41, 5.74) is 1.27. The highest BCUT2D eigenvalue weighted by molar-refractivity contribution is 8.26. The molecule has 0 aliphatic carbocycles. The first kappa shape index (κ1) is 28.2. The Morgan fingerprint density at radius 1 is 1.03 bits per heavy atom. The third-order valence-corrected chi connectivity index (χ3v) is 6.95. The van der Waals surface area contributed by atoms with E-state index >= 15 is 0 Å². The van der Waals surface area contributed by atoms with E-state index in [2.05, 4.69) is 0 Å². The minimum absolute atomic E-state index is 0.0761. The van der Waals surface area contributed by atoms with E-state index in [0.29, 0.717) is 12.0 Å². The second-order valence-electron chi connectivity index (χ2n) is 8.40. The van der Waals surface area contributed by atoms with Crippen LogP contribution in [0.1, 0.15) is 22.8 Å². The lowest BCUT2D eigenvalue weighted by molar-refractivity contribution is -0.198. The number of thiocarbonyl (C=S) groups is 1. The third kappa shape index (κ3) is 7.39. The lowest BCUT2D eigenvalue weighted by Gasteiger charge is -2.24. The van der Waals surface area contributed by atoms with Gasteiger partial charge in [-0.3, -0.25) is 14.5 Å². The van der Waals surface area contributed by atoms with Gasteiger partial charge in [0.15, 0.2) is 11.5 Å². The fourth-order valence-corrected chi connectivity index (χ4v) is 5.01. The van der Waals surface area contributed by atoms with Crippen molar-refractivity contribution in [3.05, 3.63) is 100 Å². The number of carbonyl (C=O) groups excluding carboxylic acids is 1. The molecule has 11 heteroatoms. The Morgan fingerprint density at radius 3 is 2.33 bits per heavy atom. The molecule has 3 aromatic carbocycles. The Morgan fingerprint density at radius 2 is 1.69 bits per heavy atom. The van der Waals surface area contributed by atoms with Crippen LogP contribution in [0.5, 0.6) is 11.5 Å². The lowest BCUT2D eigenvalue weighted by atomic mass is 10.1. The lowest BCUT2D eigenvalue weighted by Crippen LogP contribution is -2.33. The van der Waals surface area contributed by atoms with Crippen LogP contribution < -0.4 is 9.47 Å². The topological polar surface area (TPSA) is 76.1 Å². The molecule has 1 saturated heterocycles. The second kappa shape index (κ2) is 12.4. The number of hydrogen-bond acceptors (Lipinski definition) is 6. The van der Waals surface area contributed by atoms with E-state index in [9.17, 15) is 22.8 Å². The minimum Gasteiger partial charge on any atom is -0.489 e. The molecule has 1 amide bonds. The van der Waals surface area contributed by atoms with Gasteiger partial charge in [0.25, 0.3) is 5.91 Å². The molecular formula is C28H22F3NO5S2. The molecule has 0 radical (unpaired) electrons. The van der Waals surface area contributed by atoms with Crippen LogP contribution in [-0.2, 0) is 16.0 Å². The van der Waals surface area contributed by atoms with Crippen molar-refractivity contribution in [3.8, 4) is 11.5 Å². The fourth-order valence-electron chi connectivity index (χ4n) is 3.75. The number of benzene rings is 3. The van der Waals surface area contributed by atoms with Crippen LogP contribution in [0.25, 0.3) is 6.08 Å². The van der Waals surface area contributed by atoms with Crippen LogP contribution >= 0.6 is 24.0 Å². The van der Waals surface area contributed by atoms with Crippen molar-refractivity contribution < 1.29 is 37.3 Å². The number of aliphatic carboxylic acids is 1. The van der Waals surface area contributed by atoms with Gasteiger partial charge in [0, 0.05) is 12.0 Å². The van der Waals surface area contributed by atoms with E-state index in [-0.39, 0.29) is 32.9 Å². The number of carboxylic acids is 1. The average Bonchev–Trinajstić information content (AvgIpc) is 3.15. The summed E-state index contributed by atoms with van der Waals surface area (Å²) in [4.78, 5) is 24.8. The first-order chi connectivity index (χ1) is 18.6. The first-order valence-corrected chi connectivity index (χ1v) is 12.9. The number of halogens is 3. The standard InChI is InChI=1S/C28H22F3NO5S2/c29-28(30,31)25(20-9-5-2-6-10-20)37-22-15-19(16-23-26(35)32(17-24(33)34)27(38)39-23)11-12-21(22)36-14-13-18-7-3-1-4-8-18/h1-12,15-16,25H,13-14,17H2,(H,33,34)/b23-16-. The molecule has 1 atom stereocenters. The van der Waals surface area contributed by atoms with Gasteiger partial charge in [-0.05, 0) is 29.3 Å². The molecule has 1 fully saturated rings. The van der Waals surface area contributed by atoms with Crippen molar-refractivity contribution in [2.75, 3.05) is 13.2 Å². The Kier molecular flexibility index (Phi) is 8.93. The van der Waals surface area contributed by atoms with E-state index in [1.807, 2.05) is 30.3 Å². The normalized spacial score (nSPS) is 15.5. The Bertz CT molecular complexity index is 1380. The van der Waals surface area contributed by atoms with Crippen molar-refractivity contribution in [1.29, 1.82) is 0 Å². The zero-order valence-electron chi connectivity index (χ0n) is 20.3. The third-order valence-electron chi connectivity index (χ3n) is 5.57. The van der Waals surface area contributed by atoms with Gasteiger partial charge in [-0.2, -0.15) is 13.2 Å². The SMILES string of the molecule is O=C(O)CN1C(=O)/C(=C/c2ccc(OCCc3ccccc3)c(OC(c3ccccc3)C(F)(F)F)c2)SC1=S. The number of carboxylic acid groups (broad SMARTS) is 1. The molecular weight excluding hydrogens is 551 g/mol. The summed E-state index contributed by atoms with van der Waals surface area (Å²) in [6.07, 6.45) is -5.04. The van der Waals surface area contributed by atoms with Gasteiger partial charge in [0.2, 0.25) is 6.10 Å². The number of ether oxygens (including phenoxy) is 2. The maximum Gasteiger partial charge on any atom is 0.429 e. The zero-order valence-corrected chi connectivity index (χ0v) is 21.9. The maximum atomic E-state index is 14.1. The molecule has 202 valence electrons. The van der Waals surface area contributed by atoms with Crippen molar-refractivity contribution >= 4 is 46.3 Å². The van der Waals surface area contributed by atoms with Crippen LogP contribution in [0.15, 0.2) is 83.8 Å². The van der Waals surface area contributed by atoms with Crippen LogP contribution in [-0.4, -0.2) is 45.5 Å². The summed E-state index contributed by atoms with van der Waals surface area (Å²) in [5, 5.41) is 9.03. The molecule has 1 aliphatic rings. The van der Waals surface area contributed by atoms with Crippen molar-refractivity contribution in [3.63, 3.8) is 0 Å². The highest BCUT2D eigenvalue weighted by atomic mass is 32.2. The molecule has 1 unspecified atom stereocenters. The molecule has 3 aromatic rings. The second-order valence-corrected chi connectivity index (χ2v) is 10.1. The highest BCUT2D eigenvalue weighted by Gasteiger charge is 2.43. The molecule has 4 rings (SSSR count). The van der Waals surface area contributed by atoms with Gasteiger partial charge in [-0.25, -0.2) is 0 Å². The molecule has 1 heterocycles. The molecule has 0 saturated carbocycles. The summed E-state index contributed by atoms with van der Waals surface area (Å²) in [6, 6.07) is 21.1. The quantitative estimate of drug-likeness (QED) is 0.226. The van der Waals surface area contributed by atoms with Gasteiger partial charge in [0.05, 0.1) is 11.5 Å². The van der Waals surface area contributed by atoms with Gasteiger partial charge >= 0.3 is 12.1 Å². The summed E-state index contributed by atoms with van der Waals surface area (Å²) >= 11 is 6.02. The predicted octanol–water partition coefficient (Wildman–Crippen LogP) is 6.28. The highest BCUT2D eigenvalue weighted by Crippen LogP contribution is 2.41. The Labute approximate surface area is 232 Å². The van der Waals surface area contributed by atoms with Gasteiger partial charge in [-0.15, -0.1) is 0 Å². The van der Waals surface area contributed by atoms with Gasteiger partial charge in [-0.1, -0.05) is 90.7 Å². The van der Waals surface area contributed by atoms with Crippen molar-refractivity contribution in [2.24, 2.45) is 0 Å². The van der Waals surface area contributed by atoms with Crippen molar-refractivity contribution in [2.45, 2.75) is 18.7 Å². The summed E-state index contributed by atoms with van der Waals surface area (Å²) in [7, 11) is 0. The summed E-state index contributed by atoms with van der Waals surface area (Å²) < 4.78 is 53.7. The molecule has 1 N–H and O–H groups in total. The monoisotopic (exact) mass is 573 g/mol. The number of carbonyl (C=O) groups is 2. The molecule has 0 aromatic heterocycles. The number of hydrogen-bond donors (Lipinski definition) is 1. The number of nitrogens with zero attached hydrogens (tertiary/aromatic N) is 1. The molecule has 6 nitrogen and oxygen atoms in total. The number of amides is 1. The van der Waals surface area contributed by atoms with Gasteiger partial charge in [0.1, 0.15) is 10.9 Å². The predicted molar refractivity (Wildman–Crippen MR) is 145 cm³/mol. The minimum atomic E-state index is -4.72. The van der Waals surface area contributed by atoms with Crippen LogP contribution in [0.4, 0.5) is 13.2 Å². The van der Waals surface area contributed by atoms with Gasteiger partial charge < -0.3 is 14.6 Å². The van der Waals surface area contributed by atoms with E-state index < -0.39 is 30.7 Å². The first-order valence-electron chi connectivity index (χ1n) is 11.7. The molecule has 39 heavy (non-hydrogen) atoms. The average molecular weight is 574 g/mol. The Balaban J connectivity index is 1.65. The molecule has 1 aliphatic heterocycles. The van der Waals surface area contributed by atoms with Crippen LogP contribution in [0.3, 0.4) is 0 Å². The molecule has 0 spiro atoms. The summed E-state index contributed by atoms with van der Waals surface area (Å²) in [5.74, 6) is -1.88. The number of alkyl halides is 3. The smallest absolute Gasteiger partial charge is 0.429 e. The van der Waals surface area contributed by atoms with Crippen LogP contribution in [0.2, 0.25) is 0 Å². The van der Waals surface area contributed by atoms with Crippen LogP contribution in [0, 0.1) is 0 Å². The number of rotatable bonds is 10. The Hall–Kier alpha value is -3.83. The maximum absolute atomic E-state index is 14.1. The molecule has 0 bridgehead atoms. The largest absolute Gasteiger partial charge is 0.489 e.